The smallest absolute Gasteiger partial charge is 0.325 e. The summed E-state index contributed by atoms with van der Waals surface area (Å²) in [6.07, 6.45) is -1.36. The summed E-state index contributed by atoms with van der Waals surface area (Å²) in [7, 11) is 0. The number of aromatic nitrogens is 2. The van der Waals surface area contributed by atoms with Gasteiger partial charge in [0.05, 0.1) is 16.6 Å². The minimum Gasteiger partial charge on any atom is -0.325 e. The molecule has 1 fully saturated rings. The first-order chi connectivity index (χ1) is 9.48. The van der Waals surface area contributed by atoms with Gasteiger partial charge in [-0.1, -0.05) is 19.9 Å². The second-order valence-electron chi connectivity index (χ2n) is 4.78. The molecule has 0 saturated heterocycles. The second kappa shape index (κ2) is 5.46. The van der Waals surface area contributed by atoms with Crippen molar-refractivity contribution in [3.8, 4) is 0 Å². The zero-order valence-electron chi connectivity index (χ0n) is 12.0. The van der Waals surface area contributed by atoms with E-state index in [9.17, 15) is 13.2 Å². The molecule has 20 heavy (non-hydrogen) atoms. The van der Waals surface area contributed by atoms with Crippen molar-refractivity contribution in [1.82, 2.24) is 9.55 Å². The Labute approximate surface area is 116 Å². The lowest BCUT2D eigenvalue weighted by Crippen LogP contribution is -2.19. The Kier molecular flexibility index (Phi) is 4.06. The molecule has 2 aromatic rings. The molecule has 1 saturated carbocycles. The summed E-state index contributed by atoms with van der Waals surface area (Å²) in [5.74, 6) is 0.673. The number of alkyl halides is 3. The predicted molar refractivity (Wildman–Crippen MR) is 73.7 cm³/mol. The van der Waals surface area contributed by atoms with Gasteiger partial charge in [-0.3, -0.25) is 0 Å². The van der Waals surface area contributed by atoms with Crippen LogP contribution < -0.4 is 0 Å². The van der Waals surface area contributed by atoms with E-state index in [4.69, 9.17) is 0 Å². The van der Waals surface area contributed by atoms with Gasteiger partial charge in [0, 0.05) is 6.04 Å². The first-order valence-corrected chi connectivity index (χ1v) is 7.03. The molecule has 0 aliphatic heterocycles. The highest BCUT2D eigenvalue weighted by molar-refractivity contribution is 5.80. The number of imidazole rings is 1. The lowest BCUT2D eigenvalue weighted by molar-refractivity contribution is -0.136. The fraction of sp³-hybridized carbons (Fsp3) is 0.533. The lowest BCUT2D eigenvalue weighted by atomic mass is 9.92. The van der Waals surface area contributed by atoms with E-state index in [1.165, 1.54) is 6.07 Å². The summed E-state index contributed by atoms with van der Waals surface area (Å²) in [6, 6.07) is 4.38. The molecule has 0 radical (unpaired) electrons. The Bertz CT molecular complexity index is 595. The monoisotopic (exact) mass is 284 g/mol. The first kappa shape index (κ1) is 14.9. The third-order valence-electron chi connectivity index (χ3n) is 3.63. The van der Waals surface area contributed by atoms with Crippen LogP contribution in [-0.2, 0) is 6.18 Å². The Morgan fingerprint density at radius 2 is 1.85 bits per heavy atom. The van der Waals surface area contributed by atoms with Crippen molar-refractivity contribution in [2.24, 2.45) is 0 Å². The number of benzene rings is 1. The first-order valence-electron chi connectivity index (χ1n) is 7.03. The van der Waals surface area contributed by atoms with Crippen molar-refractivity contribution in [1.29, 1.82) is 0 Å². The van der Waals surface area contributed by atoms with E-state index in [1.807, 2.05) is 13.8 Å². The van der Waals surface area contributed by atoms with Crippen molar-refractivity contribution >= 4 is 11.0 Å². The van der Waals surface area contributed by atoms with Gasteiger partial charge < -0.3 is 4.57 Å². The van der Waals surface area contributed by atoms with E-state index in [-0.39, 0.29) is 11.6 Å². The molecule has 110 valence electrons. The van der Waals surface area contributed by atoms with Crippen LogP contribution in [0.4, 0.5) is 13.2 Å². The molecular formula is C15H19F3N2. The topological polar surface area (TPSA) is 17.8 Å². The van der Waals surface area contributed by atoms with Crippen LogP contribution in [0.15, 0.2) is 18.2 Å². The summed E-state index contributed by atoms with van der Waals surface area (Å²) in [4.78, 5) is 4.25. The van der Waals surface area contributed by atoms with Crippen LogP contribution in [0.3, 0.4) is 0 Å². The van der Waals surface area contributed by atoms with Crippen LogP contribution in [0.1, 0.15) is 50.5 Å². The molecule has 1 aromatic heterocycles. The maximum atomic E-state index is 13.1. The Morgan fingerprint density at radius 1 is 1.20 bits per heavy atom. The maximum absolute atomic E-state index is 13.1. The molecule has 5 heteroatoms. The number of rotatable bonds is 1. The normalized spacial score (nSPS) is 15.7. The van der Waals surface area contributed by atoms with Crippen molar-refractivity contribution < 1.29 is 13.2 Å². The fourth-order valence-electron chi connectivity index (χ4n) is 2.59. The van der Waals surface area contributed by atoms with Gasteiger partial charge in [-0.15, -0.1) is 0 Å². The van der Waals surface area contributed by atoms with Gasteiger partial charge in [0.15, 0.2) is 0 Å². The maximum Gasteiger partial charge on any atom is 0.418 e. The van der Waals surface area contributed by atoms with E-state index < -0.39 is 11.7 Å². The molecule has 0 spiro atoms. The zero-order valence-corrected chi connectivity index (χ0v) is 12.0. The standard InChI is InChI=1S/C13H13F3N2.C2H6/c1-8-17-11-7-3-6-10(13(14,15)16)12(11)18(8)9-4-2-5-9;1-2/h3,6-7,9H,2,4-5H2,1H3;1-2H3. The highest BCUT2D eigenvalue weighted by Gasteiger charge is 2.35. The average Bonchev–Trinajstić information content (AvgIpc) is 2.66. The average molecular weight is 284 g/mol. The largest absolute Gasteiger partial charge is 0.418 e. The summed E-state index contributed by atoms with van der Waals surface area (Å²) in [5.41, 5.74) is 0.105. The second-order valence-corrected chi connectivity index (χ2v) is 4.78. The van der Waals surface area contributed by atoms with Crippen molar-refractivity contribution in [2.75, 3.05) is 0 Å². The quantitative estimate of drug-likeness (QED) is 0.711. The van der Waals surface area contributed by atoms with Crippen molar-refractivity contribution in [3.63, 3.8) is 0 Å². The number of aryl methyl sites for hydroxylation is 1. The number of hydrogen-bond acceptors (Lipinski definition) is 1. The zero-order chi connectivity index (χ0) is 14.9. The van der Waals surface area contributed by atoms with Crippen LogP contribution in [-0.4, -0.2) is 9.55 Å². The van der Waals surface area contributed by atoms with Crippen LogP contribution in [0.25, 0.3) is 11.0 Å². The number of fused-ring (bicyclic) bond motifs is 1. The number of para-hydroxylation sites is 1. The number of hydrogen-bond donors (Lipinski definition) is 0. The third kappa shape index (κ3) is 2.41. The van der Waals surface area contributed by atoms with E-state index >= 15 is 0 Å². The van der Waals surface area contributed by atoms with Crippen LogP contribution in [0.5, 0.6) is 0 Å². The van der Waals surface area contributed by atoms with E-state index in [0.29, 0.717) is 11.3 Å². The van der Waals surface area contributed by atoms with Gasteiger partial charge in [0.25, 0.3) is 0 Å². The van der Waals surface area contributed by atoms with Crippen molar-refractivity contribution in [2.45, 2.75) is 52.3 Å². The molecular weight excluding hydrogens is 265 g/mol. The van der Waals surface area contributed by atoms with Gasteiger partial charge >= 0.3 is 6.18 Å². The van der Waals surface area contributed by atoms with Crippen LogP contribution >= 0.6 is 0 Å². The number of halogens is 3. The molecule has 3 rings (SSSR count). The molecule has 0 N–H and O–H groups in total. The van der Waals surface area contributed by atoms with Crippen LogP contribution in [0.2, 0.25) is 0 Å². The molecule has 1 aromatic carbocycles. The summed E-state index contributed by atoms with van der Waals surface area (Å²) >= 11 is 0. The summed E-state index contributed by atoms with van der Waals surface area (Å²) in [6.45, 7) is 5.78. The lowest BCUT2D eigenvalue weighted by Gasteiger charge is -2.29. The van der Waals surface area contributed by atoms with Crippen LogP contribution in [0, 0.1) is 6.92 Å². The molecule has 0 amide bonds. The molecule has 0 bridgehead atoms. The highest BCUT2D eigenvalue weighted by atomic mass is 19.4. The van der Waals surface area contributed by atoms with Gasteiger partial charge in [0.2, 0.25) is 0 Å². The van der Waals surface area contributed by atoms with Gasteiger partial charge in [-0.25, -0.2) is 4.98 Å². The van der Waals surface area contributed by atoms with Gasteiger partial charge in [0.1, 0.15) is 5.82 Å². The Balaban J connectivity index is 0.000000704. The molecule has 0 unspecified atom stereocenters. The van der Waals surface area contributed by atoms with E-state index in [2.05, 4.69) is 4.98 Å². The Morgan fingerprint density at radius 3 is 2.35 bits per heavy atom. The minimum absolute atomic E-state index is 0.179. The molecule has 0 atom stereocenters. The van der Waals surface area contributed by atoms with Crippen molar-refractivity contribution in [3.05, 3.63) is 29.6 Å². The minimum atomic E-state index is -4.33. The molecule has 1 heterocycles. The highest BCUT2D eigenvalue weighted by Crippen LogP contribution is 2.40. The Hall–Kier alpha value is -1.52. The molecule has 1 aliphatic carbocycles. The van der Waals surface area contributed by atoms with E-state index in [1.54, 1.807) is 17.6 Å². The fourth-order valence-corrected chi connectivity index (χ4v) is 2.59. The number of nitrogens with zero attached hydrogens (tertiary/aromatic N) is 2. The van der Waals surface area contributed by atoms with Gasteiger partial charge in [-0.2, -0.15) is 13.2 Å². The van der Waals surface area contributed by atoms with Gasteiger partial charge in [-0.05, 0) is 38.3 Å². The summed E-state index contributed by atoms with van der Waals surface area (Å²) in [5, 5.41) is 0. The molecule has 1 aliphatic rings. The third-order valence-corrected chi connectivity index (χ3v) is 3.63. The van der Waals surface area contributed by atoms with E-state index in [0.717, 1.165) is 25.3 Å². The predicted octanol–water partition coefficient (Wildman–Crippen LogP) is 5.11. The summed E-state index contributed by atoms with van der Waals surface area (Å²) < 4.78 is 40.9. The SMILES string of the molecule is CC.Cc1nc2cccc(C(F)(F)F)c2n1C1CCC1. The molecule has 2 nitrogen and oxygen atoms in total.